The fourth-order valence-corrected chi connectivity index (χ4v) is 8.27. The Labute approximate surface area is 207 Å². The Bertz CT molecular complexity index is 907. The highest BCUT2D eigenvalue weighted by Crippen LogP contribution is 2.69. The van der Waals surface area contributed by atoms with Gasteiger partial charge in [-0.25, -0.2) is 0 Å². The Kier molecular flexibility index (Phi) is 6.26. The van der Waals surface area contributed by atoms with Gasteiger partial charge in [0, 0.05) is 16.7 Å². The lowest BCUT2D eigenvalue weighted by Gasteiger charge is -2.64. The Morgan fingerprint density at radius 1 is 1.00 bits per heavy atom. The van der Waals surface area contributed by atoms with E-state index < -0.39 is 63.4 Å². The van der Waals surface area contributed by atoms with Crippen LogP contribution in [0.15, 0.2) is 11.6 Å². The molecule has 0 saturated heterocycles. The SMILES string of the molecule is CC(C)(O)CC[C@@H](O)[C@](C)(O)[C@H]1CC[C@@]2(O)C3=CC(=O)[C@H]4C[C@@H](O)[C@@H](O)C[C@]4(C)[C@@]3(O)CC[C@]12C. The third-order valence-electron chi connectivity index (χ3n) is 10.7. The summed E-state index contributed by atoms with van der Waals surface area (Å²) in [6, 6.07) is 0. The van der Waals surface area contributed by atoms with E-state index in [1.165, 1.54) is 6.08 Å². The van der Waals surface area contributed by atoms with E-state index in [-0.39, 0.29) is 43.5 Å². The molecule has 7 N–H and O–H groups in total. The number of carbonyl (C=O) groups is 1. The highest BCUT2D eigenvalue weighted by atomic mass is 16.3. The third-order valence-corrected chi connectivity index (χ3v) is 10.7. The van der Waals surface area contributed by atoms with Gasteiger partial charge in [0.2, 0.25) is 0 Å². The van der Waals surface area contributed by atoms with Crippen molar-refractivity contribution in [2.24, 2.45) is 22.7 Å². The predicted molar refractivity (Wildman–Crippen MR) is 128 cm³/mol. The topological polar surface area (TPSA) is 159 Å². The molecular weight excluding hydrogens is 452 g/mol. The molecule has 0 aromatic heterocycles. The molecule has 200 valence electrons. The summed E-state index contributed by atoms with van der Waals surface area (Å²) in [5, 5.41) is 77.6. The van der Waals surface area contributed by atoms with E-state index in [9.17, 15) is 40.5 Å². The standard InChI is InChI=1S/C27H44O8/c1-22(2,32)8-7-21(31)25(5,33)19-6-9-26(34)20-13-16(28)15-12-17(29)18(30)14-24(15,4)27(20,35)11-10-23(19,26)3/h13,15,17-19,21,29-35H,6-12,14H2,1-5H3/t15-,17-,18+,19+,21-,23-,24+,25-,26-,27-/m1/s1. The minimum absolute atomic E-state index is 0.0437. The van der Waals surface area contributed by atoms with E-state index >= 15 is 0 Å². The maximum atomic E-state index is 13.3. The molecule has 0 aromatic carbocycles. The monoisotopic (exact) mass is 496 g/mol. The van der Waals surface area contributed by atoms with Crippen molar-refractivity contribution in [3.8, 4) is 0 Å². The average molecular weight is 497 g/mol. The first-order valence-electron chi connectivity index (χ1n) is 13.0. The van der Waals surface area contributed by atoms with Gasteiger partial charge in [-0.1, -0.05) is 13.8 Å². The van der Waals surface area contributed by atoms with Crippen molar-refractivity contribution in [3.05, 3.63) is 11.6 Å². The smallest absolute Gasteiger partial charge is 0.159 e. The van der Waals surface area contributed by atoms with Gasteiger partial charge >= 0.3 is 0 Å². The summed E-state index contributed by atoms with van der Waals surface area (Å²) in [6.45, 7) is 8.50. The molecule has 4 aliphatic carbocycles. The first kappa shape index (κ1) is 27.2. The van der Waals surface area contributed by atoms with Crippen molar-refractivity contribution in [2.75, 3.05) is 0 Å². The van der Waals surface area contributed by atoms with Gasteiger partial charge in [-0.2, -0.15) is 0 Å². The number of carbonyl (C=O) groups excluding carboxylic acids is 1. The molecule has 35 heavy (non-hydrogen) atoms. The summed E-state index contributed by atoms with van der Waals surface area (Å²) in [7, 11) is 0. The third kappa shape index (κ3) is 3.70. The quantitative estimate of drug-likeness (QED) is 0.297. The normalized spacial score (nSPS) is 48.3. The Morgan fingerprint density at radius 2 is 1.60 bits per heavy atom. The lowest BCUT2D eigenvalue weighted by atomic mass is 9.43. The van der Waals surface area contributed by atoms with Gasteiger partial charge in [0.05, 0.1) is 40.7 Å². The van der Waals surface area contributed by atoms with Crippen LogP contribution in [0.3, 0.4) is 0 Å². The summed E-state index contributed by atoms with van der Waals surface area (Å²) in [6.07, 6.45) is -0.101. The van der Waals surface area contributed by atoms with Crippen LogP contribution in [0.5, 0.6) is 0 Å². The van der Waals surface area contributed by atoms with E-state index in [0.29, 0.717) is 19.3 Å². The van der Waals surface area contributed by atoms with Crippen molar-refractivity contribution in [2.45, 2.75) is 127 Å². The molecule has 3 saturated carbocycles. The number of allylic oxidation sites excluding steroid dienone is 1. The lowest BCUT2D eigenvalue weighted by Crippen LogP contribution is -2.70. The molecule has 0 aliphatic heterocycles. The largest absolute Gasteiger partial charge is 0.390 e. The van der Waals surface area contributed by atoms with Gasteiger partial charge < -0.3 is 35.7 Å². The van der Waals surface area contributed by atoms with Gasteiger partial charge in [0.25, 0.3) is 0 Å². The average Bonchev–Trinajstić information content (AvgIpc) is 3.02. The number of fused-ring (bicyclic) bond motifs is 5. The van der Waals surface area contributed by atoms with Gasteiger partial charge in [-0.3, -0.25) is 4.79 Å². The number of aliphatic hydroxyl groups excluding tert-OH is 3. The Balaban J connectivity index is 1.71. The summed E-state index contributed by atoms with van der Waals surface area (Å²) in [5.41, 5.74) is -7.38. The van der Waals surface area contributed by atoms with Gasteiger partial charge in [0.15, 0.2) is 5.78 Å². The number of hydrogen-bond acceptors (Lipinski definition) is 8. The van der Waals surface area contributed by atoms with Crippen molar-refractivity contribution in [1.29, 1.82) is 0 Å². The number of hydrogen-bond donors (Lipinski definition) is 7. The second-order valence-electron chi connectivity index (χ2n) is 13.3. The molecule has 0 aromatic rings. The fraction of sp³-hybridized carbons (Fsp3) is 0.889. The van der Waals surface area contributed by atoms with Crippen LogP contribution in [0.2, 0.25) is 0 Å². The lowest BCUT2D eigenvalue weighted by molar-refractivity contribution is -0.216. The molecule has 3 fully saturated rings. The minimum atomic E-state index is -1.57. The second kappa shape index (κ2) is 8.06. The highest BCUT2D eigenvalue weighted by molar-refractivity contribution is 5.95. The van der Waals surface area contributed by atoms with Crippen LogP contribution in [0, 0.1) is 22.7 Å². The molecule has 0 spiro atoms. The van der Waals surface area contributed by atoms with E-state index in [1.54, 1.807) is 27.7 Å². The Morgan fingerprint density at radius 3 is 2.20 bits per heavy atom. The van der Waals surface area contributed by atoms with E-state index in [4.69, 9.17) is 0 Å². The van der Waals surface area contributed by atoms with E-state index in [1.807, 2.05) is 6.92 Å². The first-order chi connectivity index (χ1) is 15.8. The second-order valence-corrected chi connectivity index (χ2v) is 13.3. The number of rotatable bonds is 5. The summed E-state index contributed by atoms with van der Waals surface area (Å²) >= 11 is 0. The predicted octanol–water partition coefficient (Wildman–Crippen LogP) is 0.969. The summed E-state index contributed by atoms with van der Waals surface area (Å²) < 4.78 is 0. The molecule has 4 rings (SSSR count). The molecule has 8 heteroatoms. The molecule has 8 nitrogen and oxygen atoms in total. The van der Waals surface area contributed by atoms with E-state index in [2.05, 4.69) is 0 Å². The zero-order chi connectivity index (χ0) is 26.4. The van der Waals surface area contributed by atoms with Crippen LogP contribution in [-0.2, 0) is 4.79 Å². The minimum Gasteiger partial charge on any atom is -0.390 e. The zero-order valence-electron chi connectivity index (χ0n) is 21.7. The maximum absolute atomic E-state index is 13.3. The molecule has 4 aliphatic rings. The molecule has 0 amide bonds. The van der Waals surface area contributed by atoms with E-state index in [0.717, 1.165) is 0 Å². The molecule has 0 heterocycles. The van der Waals surface area contributed by atoms with Crippen molar-refractivity contribution >= 4 is 5.78 Å². The van der Waals surface area contributed by atoms with Gasteiger partial charge in [-0.05, 0) is 89.7 Å². The van der Waals surface area contributed by atoms with Crippen LogP contribution in [0.25, 0.3) is 0 Å². The Hall–Kier alpha value is -0.870. The summed E-state index contributed by atoms with van der Waals surface area (Å²) in [4.78, 5) is 13.3. The highest BCUT2D eigenvalue weighted by Gasteiger charge is 2.73. The molecule has 0 radical (unpaired) electrons. The molecule has 0 bridgehead atoms. The van der Waals surface area contributed by atoms with Crippen LogP contribution >= 0.6 is 0 Å². The van der Waals surface area contributed by atoms with Crippen molar-refractivity contribution < 1.29 is 40.5 Å². The van der Waals surface area contributed by atoms with Crippen LogP contribution < -0.4 is 0 Å². The molecule has 0 unspecified atom stereocenters. The zero-order valence-corrected chi connectivity index (χ0v) is 21.7. The fourth-order valence-electron chi connectivity index (χ4n) is 8.27. The van der Waals surface area contributed by atoms with Gasteiger partial charge in [0.1, 0.15) is 0 Å². The van der Waals surface area contributed by atoms with Crippen molar-refractivity contribution in [3.63, 3.8) is 0 Å². The number of ketones is 1. The van der Waals surface area contributed by atoms with Crippen LogP contribution in [0.1, 0.15) is 86.0 Å². The summed E-state index contributed by atoms with van der Waals surface area (Å²) in [5.74, 6) is -1.44. The van der Waals surface area contributed by atoms with Crippen molar-refractivity contribution in [1.82, 2.24) is 0 Å². The molecule has 10 atom stereocenters. The maximum Gasteiger partial charge on any atom is 0.159 e. The van der Waals surface area contributed by atoms with Crippen LogP contribution in [0.4, 0.5) is 0 Å². The van der Waals surface area contributed by atoms with Gasteiger partial charge in [-0.15, -0.1) is 0 Å². The van der Waals surface area contributed by atoms with Crippen LogP contribution in [-0.4, -0.2) is 82.2 Å². The number of aliphatic hydroxyl groups is 7. The molecular formula is C27H44O8. The first-order valence-corrected chi connectivity index (χ1v) is 13.0.